The first-order valence-electron chi connectivity index (χ1n) is 9.72. The third-order valence-corrected chi connectivity index (χ3v) is 5.52. The largest absolute Gasteiger partial charge is 0.508 e. The van der Waals surface area contributed by atoms with Gasteiger partial charge in [-0.2, -0.15) is 0 Å². The molecule has 7 atom stereocenters. The van der Waals surface area contributed by atoms with Gasteiger partial charge >= 0.3 is 0 Å². The molecule has 2 aromatic rings. The zero-order valence-corrected chi connectivity index (χ0v) is 16.7. The van der Waals surface area contributed by atoms with Gasteiger partial charge in [0.2, 0.25) is 5.78 Å². The first-order valence-corrected chi connectivity index (χ1v) is 9.72. The summed E-state index contributed by atoms with van der Waals surface area (Å²) in [6, 6.07) is 5.72. The van der Waals surface area contributed by atoms with E-state index >= 15 is 0 Å². The summed E-state index contributed by atoms with van der Waals surface area (Å²) in [5.41, 5.74) is -0.1000. The molecule has 0 spiro atoms. The Labute approximate surface area is 181 Å². The van der Waals surface area contributed by atoms with E-state index in [1.54, 1.807) is 0 Å². The van der Waals surface area contributed by atoms with Crippen molar-refractivity contribution in [2.24, 2.45) is 0 Å². The molecule has 0 amide bonds. The molecule has 2 aromatic carbocycles. The summed E-state index contributed by atoms with van der Waals surface area (Å²) in [5.74, 6) is -2.79. The standard InChI is InChI=1S/C21H22O11/c1-7-15(26)17(28)18(29)21(30-7)32-20-16(27)14-12(25)5-9(22)6-13(14)31-19(20)8-2-3-10(23)11(24)4-8/h2-7,15,17-26,28-29H,1H3/t7?,15?,17?,18?,19?,20?,21-/m0/s1. The number of phenolic OH excluding ortho intramolecular Hbond substituents is 4. The number of Topliss-reactive ketones (excluding diaryl/α,β-unsaturated/α-hetero) is 1. The quantitative estimate of drug-likeness (QED) is 0.313. The lowest BCUT2D eigenvalue weighted by atomic mass is 9.92. The second kappa shape index (κ2) is 8.11. The number of hydrogen-bond acceptors (Lipinski definition) is 11. The van der Waals surface area contributed by atoms with E-state index in [1.807, 2.05) is 0 Å². The van der Waals surface area contributed by atoms with Crippen LogP contribution in [0.15, 0.2) is 30.3 Å². The van der Waals surface area contributed by atoms with Gasteiger partial charge in [0.25, 0.3) is 0 Å². The maximum atomic E-state index is 13.3. The summed E-state index contributed by atoms with van der Waals surface area (Å²) in [7, 11) is 0. The normalized spacial score (nSPS) is 32.2. The molecule has 32 heavy (non-hydrogen) atoms. The van der Waals surface area contributed by atoms with Gasteiger partial charge in [-0.3, -0.25) is 4.79 Å². The number of aromatic hydroxyl groups is 4. The van der Waals surface area contributed by atoms with Crippen LogP contribution in [-0.4, -0.2) is 78.3 Å². The van der Waals surface area contributed by atoms with Gasteiger partial charge in [0.15, 0.2) is 30.0 Å². The zero-order chi connectivity index (χ0) is 23.3. The maximum absolute atomic E-state index is 13.3. The number of fused-ring (bicyclic) bond motifs is 1. The lowest BCUT2D eigenvalue weighted by molar-refractivity contribution is -0.304. The smallest absolute Gasteiger partial charge is 0.203 e. The van der Waals surface area contributed by atoms with Gasteiger partial charge in [0, 0.05) is 12.1 Å². The van der Waals surface area contributed by atoms with Crippen molar-refractivity contribution in [3.8, 4) is 28.7 Å². The average Bonchev–Trinajstić information content (AvgIpc) is 2.73. The number of aliphatic hydroxyl groups excluding tert-OH is 3. The molecule has 0 saturated carbocycles. The van der Waals surface area contributed by atoms with Crippen LogP contribution in [0.1, 0.15) is 28.9 Å². The summed E-state index contributed by atoms with van der Waals surface area (Å²) in [6.45, 7) is 1.44. The van der Waals surface area contributed by atoms with Crippen LogP contribution in [0.5, 0.6) is 28.7 Å². The van der Waals surface area contributed by atoms with Gasteiger partial charge in [-0.15, -0.1) is 0 Å². The number of carbonyl (C=O) groups excluding carboxylic acids is 1. The van der Waals surface area contributed by atoms with Crippen molar-refractivity contribution >= 4 is 5.78 Å². The number of ketones is 1. The van der Waals surface area contributed by atoms with Crippen molar-refractivity contribution in [3.05, 3.63) is 41.5 Å². The summed E-state index contributed by atoms with van der Waals surface area (Å²) < 4.78 is 16.9. The predicted molar refractivity (Wildman–Crippen MR) is 104 cm³/mol. The lowest BCUT2D eigenvalue weighted by Crippen LogP contribution is -2.59. The third-order valence-electron chi connectivity index (χ3n) is 5.52. The van der Waals surface area contributed by atoms with Crippen molar-refractivity contribution in [1.82, 2.24) is 0 Å². The monoisotopic (exact) mass is 450 g/mol. The maximum Gasteiger partial charge on any atom is 0.203 e. The van der Waals surface area contributed by atoms with Crippen molar-refractivity contribution in [2.75, 3.05) is 0 Å². The van der Waals surface area contributed by atoms with Crippen LogP contribution < -0.4 is 4.74 Å². The lowest BCUT2D eigenvalue weighted by Gasteiger charge is -2.42. The van der Waals surface area contributed by atoms with Crippen LogP contribution in [0.2, 0.25) is 0 Å². The van der Waals surface area contributed by atoms with Crippen LogP contribution in [-0.2, 0) is 9.47 Å². The first kappa shape index (κ1) is 22.1. The third kappa shape index (κ3) is 3.70. The number of benzene rings is 2. The van der Waals surface area contributed by atoms with Gasteiger partial charge < -0.3 is 50.0 Å². The highest BCUT2D eigenvalue weighted by Gasteiger charge is 2.48. The van der Waals surface area contributed by atoms with Gasteiger partial charge in [0.1, 0.15) is 41.1 Å². The molecule has 2 heterocycles. The molecule has 0 aliphatic carbocycles. The number of rotatable bonds is 3. The minimum atomic E-state index is -1.71. The van der Waals surface area contributed by atoms with E-state index in [0.717, 1.165) is 18.2 Å². The zero-order valence-electron chi connectivity index (χ0n) is 16.7. The minimum absolute atomic E-state index is 0.154. The van der Waals surface area contributed by atoms with E-state index in [-0.39, 0.29) is 22.6 Å². The number of phenols is 4. The predicted octanol–water partition coefficient (Wildman–Crippen LogP) is 0.0381. The summed E-state index contributed by atoms with van der Waals surface area (Å²) in [5, 5.41) is 69.7. The minimum Gasteiger partial charge on any atom is -0.508 e. The fourth-order valence-electron chi connectivity index (χ4n) is 3.77. The second-order valence-corrected chi connectivity index (χ2v) is 7.73. The van der Waals surface area contributed by atoms with Gasteiger partial charge in [-0.05, 0) is 24.6 Å². The molecule has 2 aliphatic heterocycles. The van der Waals surface area contributed by atoms with E-state index in [4.69, 9.17) is 14.2 Å². The Balaban J connectivity index is 1.75. The molecule has 11 nitrogen and oxygen atoms in total. The Morgan fingerprint density at radius 1 is 0.875 bits per heavy atom. The molecule has 172 valence electrons. The topological polar surface area (TPSA) is 186 Å². The van der Waals surface area contributed by atoms with Crippen LogP contribution in [0.25, 0.3) is 0 Å². The van der Waals surface area contributed by atoms with E-state index in [9.17, 15) is 40.5 Å². The number of carbonyl (C=O) groups is 1. The van der Waals surface area contributed by atoms with Crippen LogP contribution in [0.3, 0.4) is 0 Å². The summed E-state index contributed by atoms with van der Waals surface area (Å²) >= 11 is 0. The molecule has 1 fully saturated rings. The van der Waals surface area contributed by atoms with Crippen molar-refractivity contribution in [3.63, 3.8) is 0 Å². The molecular weight excluding hydrogens is 428 g/mol. The van der Waals surface area contributed by atoms with Crippen LogP contribution in [0.4, 0.5) is 0 Å². The Bertz CT molecular complexity index is 1040. The molecule has 0 bridgehead atoms. The van der Waals surface area contributed by atoms with E-state index in [0.29, 0.717) is 0 Å². The molecule has 1 saturated heterocycles. The Morgan fingerprint density at radius 3 is 2.28 bits per heavy atom. The molecule has 11 heteroatoms. The fourth-order valence-corrected chi connectivity index (χ4v) is 3.77. The van der Waals surface area contributed by atoms with Gasteiger partial charge in [0.05, 0.1) is 6.10 Å². The number of ether oxygens (including phenoxy) is 3. The molecule has 4 rings (SSSR count). The molecule has 2 aliphatic rings. The van der Waals surface area contributed by atoms with Crippen molar-refractivity contribution < 1.29 is 54.8 Å². The number of hydrogen-bond donors (Lipinski definition) is 7. The summed E-state index contributed by atoms with van der Waals surface area (Å²) in [4.78, 5) is 13.3. The molecule has 6 unspecified atom stereocenters. The van der Waals surface area contributed by atoms with Crippen molar-refractivity contribution in [2.45, 2.75) is 49.8 Å². The Kier molecular flexibility index (Phi) is 5.61. The molecular formula is C21H22O11. The van der Waals surface area contributed by atoms with E-state index in [2.05, 4.69) is 0 Å². The average molecular weight is 450 g/mol. The molecule has 0 radical (unpaired) electrons. The SMILES string of the molecule is CC1O[C@@H](OC2C(=O)c3c(O)cc(O)cc3OC2c2ccc(O)c(O)c2)C(O)C(O)C1O. The van der Waals surface area contributed by atoms with E-state index < -0.39 is 65.9 Å². The molecule has 0 aromatic heterocycles. The number of aliphatic hydroxyl groups is 3. The van der Waals surface area contributed by atoms with Crippen LogP contribution in [0, 0.1) is 0 Å². The van der Waals surface area contributed by atoms with Crippen LogP contribution >= 0.6 is 0 Å². The highest BCUT2D eigenvalue weighted by Crippen LogP contribution is 2.44. The second-order valence-electron chi connectivity index (χ2n) is 7.73. The highest BCUT2D eigenvalue weighted by molar-refractivity contribution is 6.05. The van der Waals surface area contributed by atoms with Gasteiger partial charge in [-0.1, -0.05) is 6.07 Å². The Morgan fingerprint density at radius 2 is 1.59 bits per heavy atom. The first-order chi connectivity index (χ1) is 15.1. The van der Waals surface area contributed by atoms with E-state index in [1.165, 1.54) is 19.1 Å². The highest BCUT2D eigenvalue weighted by atomic mass is 16.7. The summed E-state index contributed by atoms with van der Waals surface area (Å²) in [6.07, 6.45) is -10.0. The fraction of sp³-hybridized carbons (Fsp3) is 0.381. The van der Waals surface area contributed by atoms with Gasteiger partial charge in [-0.25, -0.2) is 0 Å². The Hall–Kier alpha value is -3.09. The van der Waals surface area contributed by atoms with Crippen molar-refractivity contribution in [1.29, 1.82) is 0 Å². The molecule has 7 N–H and O–H groups in total.